The standard InChI is InChI=1S/C18H19N5O2S2/c1-25-16(24)13-27-18-22-21-15(12-26-17-19-9-5-10-20-17)23(18)11-8-14-6-3-2-4-7-14/h2-7,9-10H,8,11-13H2,1H3. The van der Waals surface area contributed by atoms with Crippen LogP contribution in [-0.2, 0) is 28.2 Å². The maximum absolute atomic E-state index is 11.5. The molecule has 0 radical (unpaired) electrons. The van der Waals surface area contributed by atoms with Gasteiger partial charge in [-0.1, -0.05) is 53.9 Å². The second-order valence-electron chi connectivity index (χ2n) is 5.47. The number of carbonyl (C=O) groups excluding carboxylic acids is 1. The average Bonchev–Trinajstić information content (AvgIpc) is 3.12. The number of esters is 1. The Morgan fingerprint density at radius 1 is 1.07 bits per heavy atom. The summed E-state index contributed by atoms with van der Waals surface area (Å²) in [6.07, 6.45) is 4.28. The topological polar surface area (TPSA) is 82.8 Å². The molecule has 2 heterocycles. The van der Waals surface area contributed by atoms with E-state index in [1.54, 1.807) is 18.5 Å². The second kappa shape index (κ2) is 10.1. The number of carbonyl (C=O) groups is 1. The van der Waals surface area contributed by atoms with Gasteiger partial charge in [0.25, 0.3) is 0 Å². The maximum atomic E-state index is 11.5. The van der Waals surface area contributed by atoms with E-state index < -0.39 is 0 Å². The van der Waals surface area contributed by atoms with Gasteiger partial charge in [0.1, 0.15) is 5.82 Å². The van der Waals surface area contributed by atoms with Crippen molar-refractivity contribution in [3.05, 3.63) is 60.2 Å². The van der Waals surface area contributed by atoms with Gasteiger partial charge in [-0.25, -0.2) is 9.97 Å². The molecule has 7 nitrogen and oxygen atoms in total. The first-order valence-corrected chi connectivity index (χ1v) is 10.3. The minimum absolute atomic E-state index is 0.203. The van der Waals surface area contributed by atoms with Gasteiger partial charge in [0, 0.05) is 18.9 Å². The minimum atomic E-state index is -0.286. The summed E-state index contributed by atoms with van der Waals surface area (Å²) in [5.74, 6) is 1.35. The van der Waals surface area contributed by atoms with Crippen molar-refractivity contribution in [2.75, 3.05) is 12.9 Å². The molecule has 1 aromatic carbocycles. The van der Waals surface area contributed by atoms with Crippen molar-refractivity contribution < 1.29 is 9.53 Å². The third kappa shape index (κ3) is 5.80. The van der Waals surface area contributed by atoms with Gasteiger partial charge in [-0.3, -0.25) is 4.79 Å². The molecule has 0 N–H and O–H groups in total. The van der Waals surface area contributed by atoms with E-state index in [9.17, 15) is 4.79 Å². The van der Waals surface area contributed by atoms with Crippen molar-refractivity contribution in [3.63, 3.8) is 0 Å². The lowest BCUT2D eigenvalue weighted by Crippen LogP contribution is -2.09. The summed E-state index contributed by atoms with van der Waals surface area (Å²) >= 11 is 2.84. The predicted molar refractivity (Wildman–Crippen MR) is 105 cm³/mol. The number of thioether (sulfide) groups is 2. The third-order valence-electron chi connectivity index (χ3n) is 3.68. The number of hydrogen-bond acceptors (Lipinski definition) is 8. The van der Waals surface area contributed by atoms with E-state index in [1.165, 1.54) is 36.2 Å². The lowest BCUT2D eigenvalue weighted by Gasteiger charge is -2.10. The first-order valence-electron chi connectivity index (χ1n) is 8.31. The van der Waals surface area contributed by atoms with Crippen molar-refractivity contribution in [2.24, 2.45) is 0 Å². The Morgan fingerprint density at radius 2 is 1.85 bits per heavy atom. The Hall–Kier alpha value is -2.39. The Morgan fingerprint density at radius 3 is 2.59 bits per heavy atom. The number of benzene rings is 1. The van der Waals surface area contributed by atoms with Crippen molar-refractivity contribution >= 4 is 29.5 Å². The predicted octanol–water partition coefficient (Wildman–Crippen LogP) is 2.87. The minimum Gasteiger partial charge on any atom is -0.468 e. The molecule has 0 spiro atoms. The van der Waals surface area contributed by atoms with E-state index in [0.29, 0.717) is 16.1 Å². The molecule has 0 amide bonds. The first kappa shape index (κ1) is 19.4. The van der Waals surface area contributed by atoms with E-state index in [2.05, 4.69) is 36.9 Å². The molecular weight excluding hydrogens is 382 g/mol. The summed E-state index contributed by atoms with van der Waals surface area (Å²) in [7, 11) is 1.38. The smallest absolute Gasteiger partial charge is 0.316 e. The number of aromatic nitrogens is 5. The van der Waals surface area contributed by atoms with Gasteiger partial charge in [0.05, 0.1) is 18.6 Å². The van der Waals surface area contributed by atoms with E-state index in [0.717, 1.165) is 18.8 Å². The van der Waals surface area contributed by atoms with Crippen molar-refractivity contribution in [1.29, 1.82) is 0 Å². The molecule has 2 aromatic heterocycles. The van der Waals surface area contributed by atoms with Crippen LogP contribution in [0.1, 0.15) is 11.4 Å². The SMILES string of the molecule is COC(=O)CSc1nnc(CSc2ncccn2)n1CCc1ccccc1. The van der Waals surface area contributed by atoms with Crippen LogP contribution < -0.4 is 0 Å². The van der Waals surface area contributed by atoms with Crippen LogP contribution in [0.15, 0.2) is 59.1 Å². The van der Waals surface area contributed by atoms with Gasteiger partial charge >= 0.3 is 5.97 Å². The molecule has 0 bridgehead atoms. The van der Waals surface area contributed by atoms with Crippen molar-refractivity contribution in [1.82, 2.24) is 24.7 Å². The molecule has 0 unspecified atom stereocenters. The van der Waals surface area contributed by atoms with Crippen LogP contribution in [0.2, 0.25) is 0 Å². The molecule has 3 rings (SSSR count). The van der Waals surface area contributed by atoms with Crippen molar-refractivity contribution in [3.8, 4) is 0 Å². The van der Waals surface area contributed by atoms with E-state index in [1.807, 2.05) is 18.2 Å². The number of nitrogens with zero attached hydrogens (tertiary/aromatic N) is 5. The fourth-order valence-electron chi connectivity index (χ4n) is 2.31. The molecule has 27 heavy (non-hydrogen) atoms. The average molecular weight is 402 g/mol. The molecule has 0 aliphatic rings. The molecule has 9 heteroatoms. The van der Waals surface area contributed by atoms with Crippen LogP contribution >= 0.6 is 23.5 Å². The van der Waals surface area contributed by atoms with Gasteiger partial charge in [0.15, 0.2) is 10.3 Å². The summed E-state index contributed by atoms with van der Waals surface area (Å²) in [4.78, 5) is 19.9. The summed E-state index contributed by atoms with van der Waals surface area (Å²) in [5, 5.41) is 9.97. The number of methoxy groups -OCH3 is 1. The zero-order valence-corrected chi connectivity index (χ0v) is 16.4. The fraction of sp³-hybridized carbons (Fsp3) is 0.278. The van der Waals surface area contributed by atoms with Gasteiger partial charge in [-0.05, 0) is 18.1 Å². The fourth-order valence-corrected chi connectivity index (χ4v) is 3.87. The van der Waals surface area contributed by atoms with Gasteiger partial charge in [-0.2, -0.15) is 0 Å². The van der Waals surface area contributed by atoms with E-state index >= 15 is 0 Å². The van der Waals surface area contributed by atoms with Crippen LogP contribution in [0.3, 0.4) is 0 Å². The van der Waals surface area contributed by atoms with Crippen LogP contribution in [0.4, 0.5) is 0 Å². The number of ether oxygens (including phenoxy) is 1. The molecule has 140 valence electrons. The van der Waals surface area contributed by atoms with Gasteiger partial charge < -0.3 is 9.30 Å². The zero-order chi connectivity index (χ0) is 18.9. The Balaban J connectivity index is 1.72. The Bertz CT molecular complexity index is 859. The maximum Gasteiger partial charge on any atom is 0.316 e. The van der Waals surface area contributed by atoms with Gasteiger partial charge in [-0.15, -0.1) is 10.2 Å². The van der Waals surface area contributed by atoms with Crippen molar-refractivity contribution in [2.45, 2.75) is 29.0 Å². The van der Waals surface area contributed by atoms with Crippen LogP contribution in [-0.4, -0.2) is 43.6 Å². The lowest BCUT2D eigenvalue weighted by molar-refractivity contribution is -0.137. The largest absolute Gasteiger partial charge is 0.468 e. The highest BCUT2D eigenvalue weighted by Crippen LogP contribution is 2.23. The monoisotopic (exact) mass is 401 g/mol. The molecule has 0 saturated carbocycles. The molecule has 3 aromatic rings. The summed E-state index contributed by atoms with van der Waals surface area (Å²) in [6.45, 7) is 0.728. The Labute approximate surface area is 166 Å². The Kier molecular flexibility index (Phi) is 7.23. The molecular formula is C18H19N5O2S2. The summed E-state index contributed by atoms with van der Waals surface area (Å²) in [6, 6.07) is 12.0. The third-order valence-corrected chi connectivity index (χ3v) is 5.49. The second-order valence-corrected chi connectivity index (χ2v) is 7.36. The van der Waals surface area contributed by atoms with E-state index in [4.69, 9.17) is 4.74 Å². The quantitative estimate of drug-likeness (QED) is 0.307. The van der Waals surface area contributed by atoms with Crippen LogP contribution in [0, 0.1) is 0 Å². The number of rotatable bonds is 9. The summed E-state index contributed by atoms with van der Waals surface area (Å²) in [5.41, 5.74) is 1.24. The first-order chi connectivity index (χ1) is 13.3. The number of hydrogen-bond donors (Lipinski definition) is 0. The molecule has 0 atom stereocenters. The zero-order valence-electron chi connectivity index (χ0n) is 14.8. The molecule has 0 fully saturated rings. The van der Waals surface area contributed by atoms with Crippen LogP contribution in [0.5, 0.6) is 0 Å². The highest BCUT2D eigenvalue weighted by molar-refractivity contribution is 7.99. The number of aryl methyl sites for hydroxylation is 1. The molecule has 0 aliphatic carbocycles. The van der Waals surface area contributed by atoms with E-state index in [-0.39, 0.29) is 11.7 Å². The summed E-state index contributed by atoms with van der Waals surface area (Å²) < 4.78 is 6.77. The normalized spacial score (nSPS) is 10.7. The van der Waals surface area contributed by atoms with Crippen LogP contribution in [0.25, 0.3) is 0 Å². The highest BCUT2D eigenvalue weighted by atomic mass is 32.2. The molecule has 0 aliphatic heterocycles. The van der Waals surface area contributed by atoms with Gasteiger partial charge in [0.2, 0.25) is 0 Å². The molecule has 0 saturated heterocycles. The lowest BCUT2D eigenvalue weighted by atomic mass is 10.1. The highest BCUT2D eigenvalue weighted by Gasteiger charge is 2.15.